The zero-order chi connectivity index (χ0) is 68.4. The molecule has 0 saturated carbocycles. The van der Waals surface area contributed by atoms with Crippen molar-refractivity contribution in [3.8, 4) is 0 Å². The van der Waals surface area contributed by atoms with Crippen LogP contribution in [0.2, 0.25) is 0 Å². The van der Waals surface area contributed by atoms with Crippen LogP contribution in [0.3, 0.4) is 0 Å². The fraction of sp³-hybridized carbons (Fsp3) is 0.591. The summed E-state index contributed by atoms with van der Waals surface area (Å²) in [6.45, 7) is 17.0. The predicted octanol–water partition coefficient (Wildman–Crippen LogP) is 6.26. The molecule has 92 heavy (non-hydrogen) atoms. The molecule has 0 bridgehead atoms. The lowest BCUT2D eigenvalue weighted by molar-refractivity contribution is -0.146. The maximum atomic E-state index is 14.8. The molecule has 0 radical (unpaired) electrons. The van der Waals surface area contributed by atoms with Gasteiger partial charge in [0, 0.05) is 63.0 Å². The molecule has 1 fully saturated rings. The molecule has 3 aromatic carbocycles. The van der Waals surface area contributed by atoms with Crippen molar-refractivity contribution in [3.63, 3.8) is 0 Å². The molecule has 1 aliphatic heterocycles. The molecule has 11 N–H and O–H groups in total. The molecule has 1 heterocycles. The maximum absolute atomic E-state index is 14.8. The molecule has 0 aliphatic carbocycles. The first kappa shape index (κ1) is 76.1. The van der Waals surface area contributed by atoms with Crippen LogP contribution in [-0.2, 0) is 55.9 Å². The number of aliphatic hydroxyl groups is 1. The number of carbonyl (C=O) groups is 9. The molecule has 26 nitrogen and oxygen atoms in total. The van der Waals surface area contributed by atoms with Crippen LogP contribution < -0.4 is 43.4 Å². The summed E-state index contributed by atoms with van der Waals surface area (Å²) < 4.78 is 17.2. The quantitative estimate of drug-likeness (QED) is 0.0133. The number of urea groups is 1. The number of primary amides is 2. The Balaban J connectivity index is 1.41. The lowest BCUT2D eigenvalue weighted by Gasteiger charge is -2.40. The Bertz CT molecular complexity index is 2950. The minimum Gasteiger partial charge on any atom is -0.449 e. The number of hydrogen-bond donors (Lipinski definition) is 9. The molecule has 0 aromatic heterocycles. The molecule has 4 rings (SSSR count). The van der Waals surface area contributed by atoms with E-state index in [-0.39, 0.29) is 68.2 Å². The molecular formula is C66H99N13O13. The number of nitrogens with two attached hydrogens (primary N) is 2. The van der Waals surface area contributed by atoms with E-state index in [1.807, 2.05) is 39.0 Å². The summed E-state index contributed by atoms with van der Waals surface area (Å²) in [6, 6.07) is 17.3. The highest BCUT2D eigenvalue weighted by atomic mass is 16.5. The Labute approximate surface area is 540 Å². The van der Waals surface area contributed by atoms with Crippen LogP contribution in [0.5, 0.6) is 0 Å². The van der Waals surface area contributed by atoms with Crippen molar-refractivity contribution in [1.29, 1.82) is 0 Å². The number of ether oxygens (including phenoxy) is 3. The average molecular weight is 1280 g/mol. The molecule has 1 saturated heterocycles. The second-order valence-corrected chi connectivity index (χ2v) is 24.8. The average Bonchev–Trinajstić information content (AvgIpc) is 1.35. The van der Waals surface area contributed by atoms with Crippen molar-refractivity contribution in [1.82, 2.24) is 36.4 Å². The zero-order valence-corrected chi connectivity index (χ0v) is 55.4. The Morgan fingerprint density at radius 2 is 1.40 bits per heavy atom. The van der Waals surface area contributed by atoms with Gasteiger partial charge >= 0.3 is 12.1 Å². The van der Waals surface area contributed by atoms with Crippen molar-refractivity contribution >= 4 is 59.2 Å². The second-order valence-electron chi connectivity index (χ2n) is 24.8. The molecule has 13 atom stereocenters. The van der Waals surface area contributed by atoms with Gasteiger partial charge in [-0.3, -0.25) is 33.6 Å². The van der Waals surface area contributed by atoms with E-state index in [1.165, 1.54) is 7.11 Å². The van der Waals surface area contributed by atoms with E-state index in [0.29, 0.717) is 55.6 Å². The number of rotatable bonds is 37. The van der Waals surface area contributed by atoms with Crippen molar-refractivity contribution in [2.24, 2.45) is 58.0 Å². The van der Waals surface area contributed by atoms with E-state index in [2.05, 4.69) is 41.9 Å². The number of amides is 10. The number of nitrogens with zero attached hydrogens (tertiary/aromatic N) is 5. The highest BCUT2D eigenvalue weighted by Gasteiger charge is 2.42. The first-order valence-electron chi connectivity index (χ1n) is 31.7. The number of likely N-dealkylation sites (tertiary alicyclic amines) is 1. The smallest absolute Gasteiger partial charge is 0.404 e. The Kier molecular flexibility index (Phi) is 31.3. The maximum Gasteiger partial charge on any atom is 0.404 e. The second kappa shape index (κ2) is 37.9. The molecule has 1 aliphatic rings. The van der Waals surface area contributed by atoms with E-state index >= 15 is 0 Å². The first-order valence-corrected chi connectivity index (χ1v) is 31.7. The topological polar surface area (TPSA) is 381 Å². The van der Waals surface area contributed by atoms with Gasteiger partial charge in [0.1, 0.15) is 24.7 Å². The number of anilines is 1. The van der Waals surface area contributed by atoms with Crippen LogP contribution in [0.1, 0.15) is 134 Å². The number of likely N-dealkylation sites (N-methyl/N-ethyl adjacent to an activating group) is 1. The van der Waals surface area contributed by atoms with Crippen LogP contribution in [0, 0.1) is 41.4 Å². The van der Waals surface area contributed by atoms with Crippen molar-refractivity contribution in [2.45, 2.75) is 162 Å². The zero-order valence-electron chi connectivity index (χ0n) is 55.4. The summed E-state index contributed by atoms with van der Waals surface area (Å²) in [6.07, 6.45) is -0.884. The Morgan fingerprint density at radius 3 is 1.98 bits per heavy atom. The number of benzene rings is 3. The highest BCUT2D eigenvalue weighted by molar-refractivity contribution is 6.00. The summed E-state index contributed by atoms with van der Waals surface area (Å²) in [7, 11) is 4.69. The first-order chi connectivity index (χ1) is 43.6. The number of methoxy groups -OCH3 is 2. The summed E-state index contributed by atoms with van der Waals surface area (Å²) >= 11 is 0. The fourth-order valence-corrected chi connectivity index (χ4v) is 11.6. The van der Waals surface area contributed by atoms with Gasteiger partial charge in [0.15, 0.2) is 0 Å². The van der Waals surface area contributed by atoms with Gasteiger partial charge < -0.3 is 72.5 Å². The summed E-state index contributed by atoms with van der Waals surface area (Å²) in [4.78, 5) is 127. The third-order valence-electron chi connectivity index (χ3n) is 17.4. The lowest BCUT2D eigenvalue weighted by Crippen LogP contribution is -2.58. The van der Waals surface area contributed by atoms with Crippen LogP contribution in [-0.4, -0.2) is 158 Å². The lowest BCUT2D eigenvalue weighted by atomic mass is 9.87. The third-order valence-corrected chi connectivity index (χ3v) is 17.4. The SMILES string of the molecule is CC[C@H](C)[C@@H]([C@@H](CC(=O)N1CCC([C@H](OC)[C@@H](C)C(=O)N[C@H](C)[C@@H](O)c2ccccc2)C1)OC)N(C)C(=O)[C@@H](NC(=O)[C@H](COC(N)=O)C(C)CCc1ccc(NC(=O)[C@H](CCCNC(N)=O)NC(=O)[C@@H](NC(=O)c2ccc(CN=[N+]=[N-])cc2)C(C)C)cc1)C(C)C. The minimum atomic E-state index is -1.10. The molecule has 2 unspecified atom stereocenters. The number of hydrogen-bond acceptors (Lipinski definition) is 14. The summed E-state index contributed by atoms with van der Waals surface area (Å²) in [5.41, 5.74) is 22.2. The molecule has 10 amide bonds. The number of aliphatic hydroxyl groups excluding tert-OH is 1. The van der Waals surface area contributed by atoms with Gasteiger partial charge in [-0.2, -0.15) is 0 Å². The van der Waals surface area contributed by atoms with Crippen molar-refractivity contribution in [3.05, 3.63) is 112 Å². The molecule has 3 aromatic rings. The highest BCUT2D eigenvalue weighted by Crippen LogP contribution is 2.30. The Morgan fingerprint density at radius 1 is 0.761 bits per heavy atom. The van der Waals surface area contributed by atoms with E-state index in [1.54, 1.807) is 126 Å². The minimum absolute atomic E-state index is 0.0532. The fourth-order valence-electron chi connectivity index (χ4n) is 11.6. The van der Waals surface area contributed by atoms with Gasteiger partial charge in [-0.05, 0) is 109 Å². The van der Waals surface area contributed by atoms with Gasteiger partial charge in [-0.25, -0.2) is 9.59 Å². The third kappa shape index (κ3) is 23.1. The molecule has 0 spiro atoms. The number of azide groups is 1. The normalized spacial score (nSPS) is 16.9. The predicted molar refractivity (Wildman–Crippen MR) is 348 cm³/mol. The Hall–Kier alpha value is -8.32. The van der Waals surface area contributed by atoms with Gasteiger partial charge in [0.2, 0.25) is 35.4 Å². The largest absolute Gasteiger partial charge is 0.449 e. The van der Waals surface area contributed by atoms with Crippen LogP contribution in [0.25, 0.3) is 10.4 Å². The van der Waals surface area contributed by atoms with E-state index in [4.69, 9.17) is 31.2 Å². The van der Waals surface area contributed by atoms with Crippen molar-refractivity contribution < 1.29 is 62.5 Å². The van der Waals surface area contributed by atoms with Gasteiger partial charge in [0.25, 0.3) is 5.91 Å². The van der Waals surface area contributed by atoms with E-state index in [9.17, 15) is 48.3 Å². The van der Waals surface area contributed by atoms with E-state index < -0.39 is 120 Å². The monoisotopic (exact) mass is 1280 g/mol. The molecular weight excluding hydrogens is 1180 g/mol. The standard InChI is InChI=1S/C66H99N13O13/c1-13-40(6)56(52(90-11)34-53(80)79-33-31-48(36-79)58(91-12)42(8)59(82)72-43(9)57(81)46-18-15-14-16-19-46)78(10)64(87)55(39(4)5)76-61(84)50(37-92-66(68)89)41(7)21-22-44-25-29-49(30-26-44)73-62(85)51(20-17-32-70-65(67)88)74-63(86)54(38(2)3)75-60(83)47-27-23-45(24-28-47)35-71-77-69/h14-16,18-19,23-30,38-43,48,50-52,54-58,81H,13,17,20-22,31-37H2,1-12H3,(H2,68,89)(H,72,82)(H,73,85)(H,74,86)(H,75,83)(H,76,84)(H3,67,70,88)/t40-,41?,42+,43+,48?,50+,51-,52+,54-,55-,56-,57+,58+/m0/s1. The van der Waals surface area contributed by atoms with Crippen LogP contribution >= 0.6 is 0 Å². The van der Waals surface area contributed by atoms with E-state index in [0.717, 1.165) is 5.56 Å². The summed E-state index contributed by atoms with van der Waals surface area (Å²) in [5.74, 6) is -6.22. The van der Waals surface area contributed by atoms with Gasteiger partial charge in [-0.15, -0.1) is 0 Å². The van der Waals surface area contributed by atoms with Gasteiger partial charge in [-0.1, -0.05) is 122 Å². The molecule has 506 valence electrons. The molecule has 26 heteroatoms. The van der Waals surface area contributed by atoms with Crippen LogP contribution in [0.4, 0.5) is 15.3 Å². The number of aryl methyl sites for hydroxylation is 1. The van der Waals surface area contributed by atoms with Gasteiger partial charge in [0.05, 0.1) is 55.2 Å². The number of carbonyl (C=O) groups excluding carboxylic acids is 9. The van der Waals surface area contributed by atoms with Crippen LogP contribution in [0.15, 0.2) is 84.0 Å². The number of nitrogens with one attached hydrogen (secondary N) is 6. The summed E-state index contributed by atoms with van der Waals surface area (Å²) in [5, 5.41) is 31.2. The van der Waals surface area contributed by atoms with Crippen molar-refractivity contribution in [2.75, 3.05) is 52.8 Å².